The monoisotopic (exact) mass is 265 g/mol. The lowest BCUT2D eigenvalue weighted by Crippen LogP contribution is -2.35. The Balaban J connectivity index is 2.28. The molecule has 0 aliphatic rings. The molecule has 0 bridgehead atoms. The molecule has 108 valence electrons. The molecule has 0 aliphatic heterocycles. The average molecular weight is 265 g/mol. The maximum atomic E-state index is 5.72. The van der Waals surface area contributed by atoms with E-state index in [-0.39, 0.29) is 0 Å². The number of ether oxygens (including phenoxy) is 2. The van der Waals surface area contributed by atoms with E-state index in [9.17, 15) is 0 Å². The van der Waals surface area contributed by atoms with Gasteiger partial charge in [0.05, 0.1) is 7.11 Å². The molecule has 3 heteroatoms. The second-order valence-electron chi connectivity index (χ2n) is 5.82. The van der Waals surface area contributed by atoms with Crippen molar-refractivity contribution in [2.75, 3.05) is 26.8 Å². The first kappa shape index (κ1) is 15.8. The summed E-state index contributed by atoms with van der Waals surface area (Å²) >= 11 is 0. The lowest BCUT2D eigenvalue weighted by molar-refractivity contribution is 0.226. The standard InChI is InChI=1S/C16H27NO2/c1-13(2)16(3,4)12-17-10-11-19-15-9-7-6-8-14(15)18-5/h6-9,13,17H,10-12H2,1-5H3. The fourth-order valence-electron chi connectivity index (χ4n) is 1.59. The van der Waals surface area contributed by atoms with Crippen LogP contribution in [0.4, 0.5) is 0 Å². The first-order chi connectivity index (χ1) is 8.97. The van der Waals surface area contributed by atoms with Crippen molar-refractivity contribution in [3.05, 3.63) is 24.3 Å². The largest absolute Gasteiger partial charge is 0.493 e. The molecule has 19 heavy (non-hydrogen) atoms. The second-order valence-corrected chi connectivity index (χ2v) is 5.82. The molecular weight excluding hydrogens is 238 g/mol. The van der Waals surface area contributed by atoms with Crippen LogP contribution in [0.1, 0.15) is 27.7 Å². The summed E-state index contributed by atoms with van der Waals surface area (Å²) in [5.74, 6) is 2.25. The third kappa shape index (κ3) is 5.11. The molecule has 0 amide bonds. The van der Waals surface area contributed by atoms with Crippen LogP contribution in [0, 0.1) is 11.3 Å². The van der Waals surface area contributed by atoms with E-state index in [4.69, 9.17) is 9.47 Å². The van der Waals surface area contributed by atoms with Crippen LogP contribution < -0.4 is 14.8 Å². The van der Waals surface area contributed by atoms with Gasteiger partial charge in [0.2, 0.25) is 0 Å². The Morgan fingerprint density at radius 3 is 2.37 bits per heavy atom. The van der Waals surface area contributed by atoms with Crippen LogP contribution in [-0.2, 0) is 0 Å². The van der Waals surface area contributed by atoms with Crippen molar-refractivity contribution in [3.63, 3.8) is 0 Å². The second kappa shape index (κ2) is 7.39. The maximum absolute atomic E-state index is 5.72. The Labute approximate surface area is 117 Å². The number of para-hydroxylation sites is 2. The summed E-state index contributed by atoms with van der Waals surface area (Å²) in [6.07, 6.45) is 0. The van der Waals surface area contributed by atoms with Crippen LogP contribution in [-0.4, -0.2) is 26.8 Å². The summed E-state index contributed by atoms with van der Waals surface area (Å²) < 4.78 is 11.0. The molecular formula is C16H27NO2. The molecule has 1 N–H and O–H groups in total. The van der Waals surface area contributed by atoms with E-state index in [1.807, 2.05) is 24.3 Å². The van der Waals surface area contributed by atoms with E-state index in [1.165, 1.54) is 0 Å². The van der Waals surface area contributed by atoms with Gasteiger partial charge in [-0.2, -0.15) is 0 Å². The predicted molar refractivity (Wildman–Crippen MR) is 80.0 cm³/mol. The third-order valence-corrected chi connectivity index (χ3v) is 3.75. The fourth-order valence-corrected chi connectivity index (χ4v) is 1.59. The first-order valence-corrected chi connectivity index (χ1v) is 6.94. The molecule has 1 aromatic rings. The van der Waals surface area contributed by atoms with Gasteiger partial charge in [-0.05, 0) is 23.5 Å². The number of hydrogen-bond acceptors (Lipinski definition) is 3. The van der Waals surface area contributed by atoms with Crippen LogP contribution in [0.2, 0.25) is 0 Å². The highest BCUT2D eigenvalue weighted by Crippen LogP contribution is 2.26. The third-order valence-electron chi connectivity index (χ3n) is 3.75. The van der Waals surface area contributed by atoms with Gasteiger partial charge in [0.25, 0.3) is 0 Å². The van der Waals surface area contributed by atoms with Crippen LogP contribution >= 0.6 is 0 Å². The topological polar surface area (TPSA) is 30.5 Å². The summed E-state index contributed by atoms with van der Waals surface area (Å²) in [4.78, 5) is 0. The van der Waals surface area contributed by atoms with Gasteiger partial charge >= 0.3 is 0 Å². The molecule has 1 aromatic carbocycles. The van der Waals surface area contributed by atoms with Gasteiger partial charge in [-0.3, -0.25) is 0 Å². The van der Waals surface area contributed by atoms with Crippen molar-refractivity contribution in [1.29, 1.82) is 0 Å². The van der Waals surface area contributed by atoms with Crippen molar-refractivity contribution in [2.24, 2.45) is 11.3 Å². The van der Waals surface area contributed by atoms with E-state index in [0.717, 1.165) is 24.6 Å². The summed E-state index contributed by atoms with van der Waals surface area (Å²) in [5, 5.41) is 3.45. The highest BCUT2D eigenvalue weighted by Gasteiger charge is 2.21. The molecule has 0 unspecified atom stereocenters. The molecule has 3 nitrogen and oxygen atoms in total. The van der Waals surface area contributed by atoms with E-state index >= 15 is 0 Å². The number of methoxy groups -OCH3 is 1. The molecule has 0 saturated carbocycles. The smallest absolute Gasteiger partial charge is 0.161 e. The quantitative estimate of drug-likeness (QED) is 0.731. The Bertz CT molecular complexity index is 375. The van der Waals surface area contributed by atoms with Gasteiger partial charge in [-0.15, -0.1) is 0 Å². The summed E-state index contributed by atoms with van der Waals surface area (Å²) in [5.41, 5.74) is 0.310. The van der Waals surface area contributed by atoms with E-state index in [0.29, 0.717) is 17.9 Å². The molecule has 0 atom stereocenters. The van der Waals surface area contributed by atoms with Crippen molar-refractivity contribution in [3.8, 4) is 11.5 Å². The average Bonchev–Trinajstić information content (AvgIpc) is 2.38. The highest BCUT2D eigenvalue weighted by molar-refractivity contribution is 5.39. The zero-order valence-electron chi connectivity index (χ0n) is 12.8. The van der Waals surface area contributed by atoms with Crippen LogP contribution in [0.5, 0.6) is 11.5 Å². The van der Waals surface area contributed by atoms with Crippen LogP contribution in [0.25, 0.3) is 0 Å². The van der Waals surface area contributed by atoms with Crippen molar-refractivity contribution >= 4 is 0 Å². The lowest BCUT2D eigenvalue weighted by atomic mass is 9.81. The summed E-state index contributed by atoms with van der Waals surface area (Å²) in [6.45, 7) is 11.6. The lowest BCUT2D eigenvalue weighted by Gasteiger charge is -2.29. The zero-order chi connectivity index (χ0) is 14.3. The van der Waals surface area contributed by atoms with E-state index < -0.39 is 0 Å². The Hall–Kier alpha value is -1.22. The Morgan fingerprint density at radius 1 is 1.16 bits per heavy atom. The van der Waals surface area contributed by atoms with Crippen LogP contribution in [0.15, 0.2) is 24.3 Å². The van der Waals surface area contributed by atoms with Gasteiger partial charge in [0.15, 0.2) is 11.5 Å². The first-order valence-electron chi connectivity index (χ1n) is 6.94. The zero-order valence-corrected chi connectivity index (χ0v) is 12.8. The van der Waals surface area contributed by atoms with Gasteiger partial charge in [0, 0.05) is 13.1 Å². The SMILES string of the molecule is COc1ccccc1OCCNCC(C)(C)C(C)C. The normalized spacial score (nSPS) is 11.7. The van der Waals surface area contributed by atoms with E-state index in [2.05, 4.69) is 33.0 Å². The molecule has 0 radical (unpaired) electrons. The molecule has 0 heterocycles. The van der Waals surface area contributed by atoms with Crippen LogP contribution in [0.3, 0.4) is 0 Å². The van der Waals surface area contributed by atoms with Gasteiger partial charge < -0.3 is 14.8 Å². The minimum atomic E-state index is 0.310. The highest BCUT2D eigenvalue weighted by atomic mass is 16.5. The summed E-state index contributed by atoms with van der Waals surface area (Å²) in [7, 11) is 1.66. The fraction of sp³-hybridized carbons (Fsp3) is 0.625. The molecule has 1 rings (SSSR count). The Kier molecular flexibility index (Phi) is 6.16. The number of benzene rings is 1. The molecule has 0 fully saturated rings. The molecule has 0 aromatic heterocycles. The number of rotatable bonds is 8. The van der Waals surface area contributed by atoms with Crippen molar-refractivity contribution < 1.29 is 9.47 Å². The minimum absolute atomic E-state index is 0.310. The molecule has 0 spiro atoms. The maximum Gasteiger partial charge on any atom is 0.161 e. The van der Waals surface area contributed by atoms with Crippen molar-refractivity contribution in [2.45, 2.75) is 27.7 Å². The van der Waals surface area contributed by atoms with E-state index in [1.54, 1.807) is 7.11 Å². The molecule has 0 saturated heterocycles. The van der Waals surface area contributed by atoms with Gasteiger partial charge in [-0.1, -0.05) is 39.8 Å². The predicted octanol–water partition coefficient (Wildman–Crippen LogP) is 3.35. The number of hydrogen-bond donors (Lipinski definition) is 1. The molecule has 0 aliphatic carbocycles. The number of nitrogens with one attached hydrogen (secondary N) is 1. The summed E-state index contributed by atoms with van der Waals surface area (Å²) in [6, 6.07) is 7.73. The van der Waals surface area contributed by atoms with Gasteiger partial charge in [0.1, 0.15) is 6.61 Å². The minimum Gasteiger partial charge on any atom is -0.493 e. The Morgan fingerprint density at radius 2 is 1.79 bits per heavy atom. The van der Waals surface area contributed by atoms with Gasteiger partial charge in [-0.25, -0.2) is 0 Å². The van der Waals surface area contributed by atoms with Crippen molar-refractivity contribution in [1.82, 2.24) is 5.32 Å².